The molecular formula is C9H12N6OS. The average Bonchev–Trinajstić information content (AvgIpc) is 2.63. The van der Waals surface area contributed by atoms with Crippen LogP contribution < -0.4 is 15.5 Å². The SMILES string of the molecule is CN(C)c1nc(N)nc(Cn2ccsc2=O)n1. The summed E-state index contributed by atoms with van der Waals surface area (Å²) >= 11 is 1.13. The van der Waals surface area contributed by atoms with E-state index in [2.05, 4.69) is 15.0 Å². The molecule has 0 saturated heterocycles. The van der Waals surface area contributed by atoms with Gasteiger partial charge in [-0.2, -0.15) is 15.0 Å². The predicted octanol–water partition coefficient (Wildman–Crippen LogP) is -0.209. The number of nitrogen functional groups attached to an aromatic ring is 1. The van der Waals surface area contributed by atoms with Crippen LogP contribution in [0.5, 0.6) is 0 Å². The van der Waals surface area contributed by atoms with E-state index in [1.807, 2.05) is 14.1 Å². The molecule has 2 aromatic heterocycles. The Balaban J connectivity index is 2.33. The monoisotopic (exact) mass is 252 g/mol. The van der Waals surface area contributed by atoms with Crippen molar-refractivity contribution in [2.45, 2.75) is 6.54 Å². The van der Waals surface area contributed by atoms with E-state index in [1.54, 1.807) is 16.5 Å². The number of rotatable bonds is 3. The minimum absolute atomic E-state index is 0.0459. The molecule has 8 heteroatoms. The summed E-state index contributed by atoms with van der Waals surface area (Å²) in [5.41, 5.74) is 5.59. The molecule has 17 heavy (non-hydrogen) atoms. The third-order valence-corrected chi connectivity index (χ3v) is 2.74. The van der Waals surface area contributed by atoms with Gasteiger partial charge >= 0.3 is 4.87 Å². The molecule has 0 aliphatic rings. The van der Waals surface area contributed by atoms with Gasteiger partial charge in [-0.05, 0) is 0 Å². The summed E-state index contributed by atoms with van der Waals surface area (Å²) in [6.45, 7) is 0.301. The minimum Gasteiger partial charge on any atom is -0.368 e. The Morgan fingerprint density at radius 2 is 2.18 bits per heavy atom. The van der Waals surface area contributed by atoms with Crippen molar-refractivity contribution in [2.75, 3.05) is 24.7 Å². The summed E-state index contributed by atoms with van der Waals surface area (Å²) in [5.74, 6) is 1.11. The Morgan fingerprint density at radius 3 is 2.76 bits per heavy atom. The van der Waals surface area contributed by atoms with E-state index in [0.717, 1.165) is 11.3 Å². The van der Waals surface area contributed by atoms with Crippen LogP contribution in [-0.4, -0.2) is 33.6 Å². The summed E-state index contributed by atoms with van der Waals surface area (Å²) in [5, 5.41) is 1.72. The zero-order valence-corrected chi connectivity index (χ0v) is 10.3. The smallest absolute Gasteiger partial charge is 0.307 e. The van der Waals surface area contributed by atoms with Crippen molar-refractivity contribution in [3.05, 3.63) is 27.1 Å². The maximum Gasteiger partial charge on any atom is 0.307 e. The lowest BCUT2D eigenvalue weighted by molar-refractivity contribution is 0.724. The molecule has 0 spiro atoms. The van der Waals surface area contributed by atoms with E-state index in [0.29, 0.717) is 18.3 Å². The highest BCUT2D eigenvalue weighted by molar-refractivity contribution is 7.07. The lowest BCUT2D eigenvalue weighted by atomic mass is 10.5. The van der Waals surface area contributed by atoms with Crippen LogP contribution in [0.15, 0.2) is 16.4 Å². The molecule has 90 valence electrons. The summed E-state index contributed by atoms with van der Waals surface area (Å²) in [6.07, 6.45) is 1.70. The Hall–Kier alpha value is -1.96. The number of hydrogen-bond acceptors (Lipinski definition) is 7. The molecule has 0 radical (unpaired) electrons. The second-order valence-corrected chi connectivity index (χ2v) is 4.46. The van der Waals surface area contributed by atoms with E-state index in [4.69, 9.17) is 5.73 Å². The molecule has 0 bridgehead atoms. The Labute approximate surface area is 102 Å². The van der Waals surface area contributed by atoms with Gasteiger partial charge in [-0.1, -0.05) is 11.3 Å². The highest BCUT2D eigenvalue weighted by atomic mass is 32.1. The van der Waals surface area contributed by atoms with Gasteiger partial charge < -0.3 is 10.6 Å². The van der Waals surface area contributed by atoms with Gasteiger partial charge in [0.05, 0.1) is 6.54 Å². The first kappa shape index (κ1) is 11.5. The highest BCUT2D eigenvalue weighted by Crippen LogP contribution is 2.06. The molecule has 0 aliphatic carbocycles. The largest absolute Gasteiger partial charge is 0.368 e. The molecule has 2 N–H and O–H groups in total. The fraction of sp³-hybridized carbons (Fsp3) is 0.333. The number of anilines is 2. The molecule has 0 unspecified atom stereocenters. The van der Waals surface area contributed by atoms with Crippen molar-refractivity contribution in [3.8, 4) is 0 Å². The fourth-order valence-corrected chi connectivity index (χ4v) is 1.84. The molecule has 7 nitrogen and oxygen atoms in total. The maximum atomic E-state index is 11.4. The van der Waals surface area contributed by atoms with Gasteiger partial charge in [-0.3, -0.25) is 9.36 Å². The molecule has 0 atom stereocenters. The first-order valence-electron chi connectivity index (χ1n) is 4.88. The number of aromatic nitrogens is 4. The van der Waals surface area contributed by atoms with Gasteiger partial charge in [0.15, 0.2) is 5.82 Å². The molecule has 2 aromatic rings. The zero-order chi connectivity index (χ0) is 12.4. The highest BCUT2D eigenvalue weighted by Gasteiger charge is 2.07. The van der Waals surface area contributed by atoms with E-state index >= 15 is 0 Å². The van der Waals surface area contributed by atoms with Crippen molar-refractivity contribution in [1.82, 2.24) is 19.5 Å². The lowest BCUT2D eigenvalue weighted by Crippen LogP contribution is -2.19. The van der Waals surface area contributed by atoms with Gasteiger partial charge in [0.25, 0.3) is 0 Å². The number of thiazole rings is 1. The van der Waals surface area contributed by atoms with Gasteiger partial charge in [-0.25, -0.2) is 0 Å². The van der Waals surface area contributed by atoms with Crippen LogP contribution in [-0.2, 0) is 6.54 Å². The van der Waals surface area contributed by atoms with Crippen LogP contribution in [0.3, 0.4) is 0 Å². The number of hydrogen-bond donors (Lipinski definition) is 1. The Kier molecular flexibility index (Phi) is 3.05. The molecule has 0 aromatic carbocycles. The van der Waals surface area contributed by atoms with Crippen molar-refractivity contribution in [1.29, 1.82) is 0 Å². The minimum atomic E-state index is -0.0459. The van der Waals surface area contributed by atoms with Crippen LogP contribution in [0.1, 0.15) is 5.82 Å². The summed E-state index contributed by atoms with van der Waals surface area (Å²) in [7, 11) is 3.63. The zero-order valence-electron chi connectivity index (χ0n) is 9.49. The third kappa shape index (κ3) is 2.59. The number of nitrogens with two attached hydrogens (primary N) is 1. The Morgan fingerprint density at radius 1 is 1.41 bits per heavy atom. The van der Waals surface area contributed by atoms with E-state index in [1.165, 1.54) is 4.57 Å². The van der Waals surface area contributed by atoms with Crippen LogP contribution in [0.25, 0.3) is 0 Å². The van der Waals surface area contributed by atoms with Gasteiger partial charge in [0.1, 0.15) is 0 Å². The average molecular weight is 252 g/mol. The summed E-state index contributed by atoms with van der Waals surface area (Å²) in [6, 6.07) is 0. The van der Waals surface area contributed by atoms with Crippen LogP contribution in [0.2, 0.25) is 0 Å². The first-order valence-corrected chi connectivity index (χ1v) is 5.76. The standard InChI is InChI=1S/C9H12N6OS/c1-14(2)8-12-6(11-7(10)13-8)5-15-3-4-17-9(15)16/h3-4H,5H2,1-2H3,(H2,10,11,12,13). The molecular weight excluding hydrogens is 240 g/mol. The molecule has 0 aliphatic heterocycles. The topological polar surface area (TPSA) is 89.9 Å². The van der Waals surface area contributed by atoms with Crippen LogP contribution >= 0.6 is 11.3 Å². The van der Waals surface area contributed by atoms with Crippen LogP contribution in [0.4, 0.5) is 11.9 Å². The van der Waals surface area contributed by atoms with E-state index in [9.17, 15) is 4.79 Å². The quantitative estimate of drug-likeness (QED) is 0.813. The van der Waals surface area contributed by atoms with Gasteiger partial charge in [0.2, 0.25) is 11.9 Å². The summed E-state index contributed by atoms with van der Waals surface area (Å²) < 4.78 is 1.53. The Bertz CT molecular complexity index is 575. The second kappa shape index (κ2) is 4.50. The summed E-state index contributed by atoms with van der Waals surface area (Å²) in [4.78, 5) is 25.3. The van der Waals surface area contributed by atoms with Crippen molar-refractivity contribution >= 4 is 23.2 Å². The molecule has 2 heterocycles. The molecule has 2 rings (SSSR count). The van der Waals surface area contributed by atoms with Gasteiger partial charge in [0, 0.05) is 25.7 Å². The maximum absolute atomic E-state index is 11.4. The molecule has 0 saturated carbocycles. The van der Waals surface area contributed by atoms with Crippen LogP contribution in [0, 0.1) is 0 Å². The van der Waals surface area contributed by atoms with E-state index in [-0.39, 0.29) is 10.8 Å². The molecule has 0 amide bonds. The fourth-order valence-electron chi connectivity index (χ4n) is 1.26. The third-order valence-electron chi connectivity index (χ3n) is 2.04. The van der Waals surface area contributed by atoms with Crippen molar-refractivity contribution < 1.29 is 0 Å². The predicted molar refractivity (Wildman–Crippen MR) is 66.2 cm³/mol. The lowest BCUT2D eigenvalue weighted by Gasteiger charge is -2.11. The second-order valence-electron chi connectivity index (χ2n) is 3.60. The van der Waals surface area contributed by atoms with Crippen molar-refractivity contribution in [2.24, 2.45) is 0 Å². The van der Waals surface area contributed by atoms with Crippen molar-refractivity contribution in [3.63, 3.8) is 0 Å². The number of nitrogens with zero attached hydrogens (tertiary/aromatic N) is 5. The normalized spacial score (nSPS) is 10.5. The molecule has 0 fully saturated rings. The van der Waals surface area contributed by atoms with E-state index < -0.39 is 0 Å². The first-order chi connectivity index (χ1) is 8.06. The van der Waals surface area contributed by atoms with Gasteiger partial charge in [-0.15, -0.1) is 0 Å².